The molecule has 2 N–H and O–H groups in total. The third kappa shape index (κ3) is 3.30. The summed E-state index contributed by atoms with van der Waals surface area (Å²) in [5.74, 6) is 0.920. The number of piperidine rings is 1. The average Bonchev–Trinajstić information content (AvgIpc) is 2.37. The lowest BCUT2D eigenvalue weighted by molar-refractivity contribution is -0.137. The zero-order chi connectivity index (χ0) is 14.0. The number of pyridine rings is 1. The van der Waals surface area contributed by atoms with E-state index in [1.807, 2.05) is 4.90 Å². The Bertz CT molecular complexity index is 437. The summed E-state index contributed by atoms with van der Waals surface area (Å²) in [5.41, 5.74) is 4.75. The zero-order valence-corrected chi connectivity index (χ0v) is 10.9. The van der Waals surface area contributed by atoms with Crippen molar-refractivity contribution in [3.8, 4) is 0 Å². The third-order valence-corrected chi connectivity index (χ3v) is 3.67. The van der Waals surface area contributed by atoms with E-state index in [1.54, 1.807) is 0 Å². The van der Waals surface area contributed by atoms with Crippen LogP contribution >= 0.6 is 0 Å². The lowest BCUT2D eigenvalue weighted by Crippen LogP contribution is -2.34. The number of hydrogen-bond acceptors (Lipinski definition) is 3. The van der Waals surface area contributed by atoms with E-state index in [0.717, 1.165) is 44.5 Å². The average molecular weight is 273 g/mol. The Hall–Kier alpha value is -1.46. The predicted molar refractivity (Wildman–Crippen MR) is 68.9 cm³/mol. The SMILES string of the molecule is CCC1CCN(c2cc(C(F)(F)F)cc(N)n2)CC1. The van der Waals surface area contributed by atoms with Gasteiger partial charge in [-0.25, -0.2) is 4.98 Å². The number of rotatable bonds is 2. The number of nitrogens with zero attached hydrogens (tertiary/aromatic N) is 2. The lowest BCUT2D eigenvalue weighted by atomic mass is 9.94. The normalized spacial score (nSPS) is 17.8. The number of halogens is 3. The summed E-state index contributed by atoms with van der Waals surface area (Å²) in [6.07, 6.45) is -1.28. The van der Waals surface area contributed by atoms with E-state index < -0.39 is 11.7 Å². The Labute approximate surface area is 110 Å². The fourth-order valence-electron chi connectivity index (χ4n) is 2.43. The van der Waals surface area contributed by atoms with Gasteiger partial charge in [-0.3, -0.25) is 0 Å². The highest BCUT2D eigenvalue weighted by molar-refractivity contribution is 5.49. The highest BCUT2D eigenvalue weighted by Crippen LogP contribution is 2.33. The van der Waals surface area contributed by atoms with Crippen molar-refractivity contribution in [2.45, 2.75) is 32.4 Å². The number of hydrogen-bond donors (Lipinski definition) is 1. The van der Waals surface area contributed by atoms with Gasteiger partial charge in [0.15, 0.2) is 0 Å². The summed E-state index contributed by atoms with van der Waals surface area (Å²) in [6.45, 7) is 3.62. The van der Waals surface area contributed by atoms with E-state index in [1.165, 1.54) is 0 Å². The molecular formula is C13H18F3N3. The molecule has 1 aliphatic heterocycles. The molecule has 0 aliphatic carbocycles. The summed E-state index contributed by atoms with van der Waals surface area (Å²) >= 11 is 0. The summed E-state index contributed by atoms with van der Waals surface area (Å²) in [4.78, 5) is 5.91. The third-order valence-electron chi connectivity index (χ3n) is 3.67. The second kappa shape index (κ2) is 5.27. The molecule has 2 heterocycles. The summed E-state index contributed by atoms with van der Waals surface area (Å²) in [6, 6.07) is 1.96. The van der Waals surface area contributed by atoms with Gasteiger partial charge in [0.2, 0.25) is 0 Å². The molecule has 2 rings (SSSR count). The molecular weight excluding hydrogens is 255 g/mol. The first kappa shape index (κ1) is 14.0. The van der Waals surface area contributed by atoms with Crippen molar-refractivity contribution >= 4 is 11.6 Å². The zero-order valence-electron chi connectivity index (χ0n) is 10.9. The van der Waals surface area contributed by atoms with E-state index in [4.69, 9.17) is 5.73 Å². The van der Waals surface area contributed by atoms with E-state index >= 15 is 0 Å². The summed E-state index contributed by atoms with van der Waals surface area (Å²) in [5, 5.41) is 0. The van der Waals surface area contributed by atoms with Crippen molar-refractivity contribution in [3.05, 3.63) is 17.7 Å². The smallest absolute Gasteiger partial charge is 0.384 e. The lowest BCUT2D eigenvalue weighted by Gasteiger charge is -2.32. The van der Waals surface area contributed by atoms with E-state index in [-0.39, 0.29) is 5.82 Å². The number of aromatic nitrogens is 1. The quantitative estimate of drug-likeness (QED) is 0.899. The van der Waals surface area contributed by atoms with Crippen molar-refractivity contribution < 1.29 is 13.2 Å². The minimum absolute atomic E-state index is 0.0811. The van der Waals surface area contributed by atoms with Gasteiger partial charge in [0.05, 0.1) is 5.56 Å². The molecule has 0 unspecified atom stereocenters. The molecule has 0 spiro atoms. The molecule has 106 valence electrons. The first-order chi connectivity index (χ1) is 8.90. The monoisotopic (exact) mass is 273 g/mol. The van der Waals surface area contributed by atoms with Crippen LogP contribution < -0.4 is 10.6 Å². The predicted octanol–water partition coefficient (Wildman–Crippen LogP) is 3.31. The van der Waals surface area contributed by atoms with Crippen LogP contribution in [-0.2, 0) is 6.18 Å². The minimum atomic E-state index is -4.38. The molecule has 19 heavy (non-hydrogen) atoms. The van der Waals surface area contributed by atoms with Crippen LogP contribution in [-0.4, -0.2) is 18.1 Å². The van der Waals surface area contributed by atoms with Crippen LogP contribution in [0.25, 0.3) is 0 Å². The van der Waals surface area contributed by atoms with Crippen molar-refractivity contribution in [1.29, 1.82) is 0 Å². The highest BCUT2D eigenvalue weighted by atomic mass is 19.4. The van der Waals surface area contributed by atoms with E-state index in [9.17, 15) is 13.2 Å². The molecule has 0 radical (unpaired) electrons. The molecule has 1 aromatic heterocycles. The number of anilines is 2. The molecule has 1 aromatic rings. The highest BCUT2D eigenvalue weighted by Gasteiger charge is 2.32. The fourth-order valence-corrected chi connectivity index (χ4v) is 2.43. The molecule has 0 aromatic carbocycles. The van der Waals surface area contributed by atoms with Gasteiger partial charge in [-0.1, -0.05) is 13.3 Å². The van der Waals surface area contributed by atoms with E-state index in [2.05, 4.69) is 11.9 Å². The maximum absolute atomic E-state index is 12.7. The summed E-state index contributed by atoms with van der Waals surface area (Å²) < 4.78 is 38.2. The van der Waals surface area contributed by atoms with Gasteiger partial charge in [-0.2, -0.15) is 13.2 Å². The maximum Gasteiger partial charge on any atom is 0.416 e. The topological polar surface area (TPSA) is 42.1 Å². The summed E-state index contributed by atoms with van der Waals surface area (Å²) in [7, 11) is 0. The van der Waals surface area contributed by atoms with Gasteiger partial charge in [0.1, 0.15) is 11.6 Å². The van der Waals surface area contributed by atoms with Crippen LogP contribution in [0.4, 0.5) is 24.8 Å². The largest absolute Gasteiger partial charge is 0.416 e. The Morgan fingerprint density at radius 3 is 2.47 bits per heavy atom. The van der Waals surface area contributed by atoms with Gasteiger partial charge >= 0.3 is 6.18 Å². The van der Waals surface area contributed by atoms with Gasteiger partial charge in [-0.15, -0.1) is 0 Å². The van der Waals surface area contributed by atoms with Gasteiger partial charge in [0.25, 0.3) is 0 Å². The van der Waals surface area contributed by atoms with Crippen molar-refractivity contribution in [2.75, 3.05) is 23.7 Å². The molecule has 6 heteroatoms. The van der Waals surface area contributed by atoms with E-state index in [0.29, 0.717) is 11.7 Å². The van der Waals surface area contributed by atoms with Crippen molar-refractivity contribution in [3.63, 3.8) is 0 Å². The molecule has 0 amide bonds. The van der Waals surface area contributed by atoms with Gasteiger partial charge in [-0.05, 0) is 30.9 Å². The van der Waals surface area contributed by atoms with Crippen LogP contribution in [0, 0.1) is 5.92 Å². The molecule has 3 nitrogen and oxygen atoms in total. The molecule has 1 fully saturated rings. The first-order valence-corrected chi connectivity index (χ1v) is 6.50. The number of alkyl halides is 3. The molecule has 1 saturated heterocycles. The van der Waals surface area contributed by atoms with Crippen LogP contribution in [0.15, 0.2) is 12.1 Å². The second-order valence-electron chi connectivity index (χ2n) is 4.98. The minimum Gasteiger partial charge on any atom is -0.384 e. The first-order valence-electron chi connectivity index (χ1n) is 6.50. The van der Waals surface area contributed by atoms with Crippen molar-refractivity contribution in [1.82, 2.24) is 4.98 Å². The Morgan fingerprint density at radius 1 is 1.32 bits per heavy atom. The van der Waals surface area contributed by atoms with Gasteiger partial charge in [0, 0.05) is 13.1 Å². The Kier molecular flexibility index (Phi) is 3.87. The standard InChI is InChI=1S/C13H18F3N3/c1-2-9-3-5-19(6-4-9)12-8-10(13(14,15)16)7-11(17)18-12/h7-9H,2-6H2,1H3,(H2,17,18). The van der Waals surface area contributed by atoms with Gasteiger partial charge < -0.3 is 10.6 Å². The molecule has 0 saturated carbocycles. The molecule has 0 bridgehead atoms. The van der Waals surface area contributed by atoms with Crippen LogP contribution in [0.1, 0.15) is 31.7 Å². The number of nitrogen functional groups attached to an aromatic ring is 1. The molecule has 1 aliphatic rings. The van der Waals surface area contributed by atoms with Crippen molar-refractivity contribution in [2.24, 2.45) is 5.92 Å². The van der Waals surface area contributed by atoms with Crippen LogP contribution in [0.5, 0.6) is 0 Å². The van der Waals surface area contributed by atoms with Crippen LogP contribution in [0.3, 0.4) is 0 Å². The Balaban J connectivity index is 2.19. The molecule has 0 atom stereocenters. The Morgan fingerprint density at radius 2 is 1.95 bits per heavy atom. The fraction of sp³-hybridized carbons (Fsp3) is 0.615. The van der Waals surface area contributed by atoms with Crippen LogP contribution in [0.2, 0.25) is 0 Å². The number of nitrogens with two attached hydrogens (primary N) is 1. The second-order valence-corrected chi connectivity index (χ2v) is 4.98. The maximum atomic E-state index is 12.7.